The lowest BCUT2D eigenvalue weighted by Crippen LogP contribution is -1.95. The van der Waals surface area contributed by atoms with Crippen LogP contribution in [0.15, 0.2) is 41.6 Å². The molecule has 0 aliphatic rings. The SMILES string of the molecule is COc1ccc(CSc2ncccc2Cl)cc1C#CCN. The Hall–Kier alpha value is -1.67. The Kier molecular flexibility index (Phi) is 5.94. The molecule has 2 rings (SSSR count). The topological polar surface area (TPSA) is 48.1 Å². The van der Waals surface area contributed by atoms with Crippen LogP contribution in [0.1, 0.15) is 11.1 Å². The molecule has 1 aromatic carbocycles. The minimum atomic E-state index is 0.325. The van der Waals surface area contributed by atoms with Crippen LogP contribution in [-0.2, 0) is 5.75 Å². The second-order valence-electron chi connectivity index (χ2n) is 4.12. The van der Waals surface area contributed by atoms with Gasteiger partial charge in [0.25, 0.3) is 0 Å². The highest BCUT2D eigenvalue weighted by molar-refractivity contribution is 7.98. The van der Waals surface area contributed by atoms with Crippen molar-refractivity contribution in [1.82, 2.24) is 4.98 Å². The summed E-state index contributed by atoms with van der Waals surface area (Å²) in [6.07, 6.45) is 1.74. The summed E-state index contributed by atoms with van der Waals surface area (Å²) in [4.78, 5) is 4.26. The second kappa shape index (κ2) is 7.94. The summed E-state index contributed by atoms with van der Waals surface area (Å²) < 4.78 is 5.30. The number of pyridine rings is 1. The number of benzene rings is 1. The zero-order valence-corrected chi connectivity index (χ0v) is 13.2. The first-order chi connectivity index (χ1) is 10.2. The van der Waals surface area contributed by atoms with Gasteiger partial charge in [-0.05, 0) is 29.8 Å². The molecule has 5 heteroatoms. The zero-order valence-electron chi connectivity index (χ0n) is 11.6. The van der Waals surface area contributed by atoms with E-state index in [2.05, 4.69) is 16.8 Å². The molecule has 1 heterocycles. The predicted molar refractivity (Wildman–Crippen MR) is 87.7 cm³/mol. The second-order valence-corrected chi connectivity index (χ2v) is 5.49. The molecule has 0 amide bonds. The van der Waals surface area contributed by atoms with Crippen LogP contribution in [0.5, 0.6) is 5.75 Å². The summed E-state index contributed by atoms with van der Waals surface area (Å²) in [6.45, 7) is 0.325. The predicted octanol–water partition coefficient (Wildman–Crippen LogP) is 3.35. The van der Waals surface area contributed by atoms with Crippen molar-refractivity contribution in [1.29, 1.82) is 0 Å². The van der Waals surface area contributed by atoms with Gasteiger partial charge in [-0.15, -0.1) is 11.8 Å². The van der Waals surface area contributed by atoms with Crippen molar-refractivity contribution in [2.24, 2.45) is 5.73 Å². The lowest BCUT2D eigenvalue weighted by Gasteiger charge is -2.07. The van der Waals surface area contributed by atoms with E-state index < -0.39 is 0 Å². The van der Waals surface area contributed by atoms with Crippen LogP contribution in [0.3, 0.4) is 0 Å². The molecule has 3 nitrogen and oxygen atoms in total. The van der Waals surface area contributed by atoms with E-state index in [9.17, 15) is 0 Å². The van der Waals surface area contributed by atoms with Crippen LogP contribution in [-0.4, -0.2) is 18.6 Å². The molecule has 0 atom stereocenters. The van der Waals surface area contributed by atoms with Crippen LogP contribution in [0.4, 0.5) is 0 Å². The van der Waals surface area contributed by atoms with Crippen LogP contribution < -0.4 is 10.5 Å². The number of halogens is 1. The van der Waals surface area contributed by atoms with E-state index >= 15 is 0 Å². The quantitative estimate of drug-likeness (QED) is 0.694. The summed E-state index contributed by atoms with van der Waals surface area (Å²) in [5.41, 5.74) is 7.39. The number of rotatable bonds is 4. The third-order valence-corrected chi connectivity index (χ3v) is 4.18. The summed E-state index contributed by atoms with van der Waals surface area (Å²) in [6, 6.07) is 9.58. The molecule has 0 bridgehead atoms. The van der Waals surface area contributed by atoms with Crippen molar-refractivity contribution >= 4 is 23.4 Å². The summed E-state index contributed by atoms with van der Waals surface area (Å²) in [5.74, 6) is 7.38. The number of nitrogens with zero attached hydrogens (tertiary/aromatic N) is 1. The molecular weight excluding hydrogens is 304 g/mol. The Labute approximate surface area is 133 Å². The number of hydrogen-bond acceptors (Lipinski definition) is 4. The Bertz CT molecular complexity index is 679. The molecule has 0 radical (unpaired) electrons. The van der Waals surface area contributed by atoms with Gasteiger partial charge < -0.3 is 10.5 Å². The number of aromatic nitrogens is 1. The summed E-state index contributed by atoms with van der Waals surface area (Å²) in [7, 11) is 1.63. The van der Waals surface area contributed by atoms with Gasteiger partial charge in [0, 0.05) is 11.9 Å². The highest BCUT2D eigenvalue weighted by atomic mass is 35.5. The monoisotopic (exact) mass is 318 g/mol. The molecule has 108 valence electrons. The smallest absolute Gasteiger partial charge is 0.134 e. The Morgan fingerprint density at radius 2 is 2.24 bits per heavy atom. The first-order valence-electron chi connectivity index (χ1n) is 6.33. The van der Waals surface area contributed by atoms with E-state index in [1.54, 1.807) is 25.1 Å². The number of thioether (sulfide) groups is 1. The van der Waals surface area contributed by atoms with Crippen LogP contribution >= 0.6 is 23.4 Å². The Morgan fingerprint density at radius 3 is 2.95 bits per heavy atom. The van der Waals surface area contributed by atoms with Gasteiger partial charge in [0.2, 0.25) is 0 Å². The molecule has 21 heavy (non-hydrogen) atoms. The average Bonchev–Trinajstić information content (AvgIpc) is 2.52. The van der Waals surface area contributed by atoms with Crippen molar-refractivity contribution in [3.05, 3.63) is 52.7 Å². The van der Waals surface area contributed by atoms with Gasteiger partial charge in [-0.1, -0.05) is 29.5 Å². The molecule has 1 aromatic heterocycles. The molecule has 0 aliphatic heterocycles. The molecule has 0 saturated carbocycles. The maximum Gasteiger partial charge on any atom is 0.134 e. The van der Waals surface area contributed by atoms with Gasteiger partial charge >= 0.3 is 0 Å². The minimum absolute atomic E-state index is 0.325. The molecule has 2 N–H and O–H groups in total. The van der Waals surface area contributed by atoms with Crippen molar-refractivity contribution in [3.8, 4) is 17.6 Å². The first-order valence-corrected chi connectivity index (χ1v) is 7.70. The fourth-order valence-corrected chi connectivity index (χ4v) is 2.83. The van der Waals surface area contributed by atoms with Gasteiger partial charge in [-0.3, -0.25) is 0 Å². The summed E-state index contributed by atoms with van der Waals surface area (Å²) in [5, 5.41) is 1.49. The van der Waals surface area contributed by atoms with E-state index in [4.69, 9.17) is 22.1 Å². The minimum Gasteiger partial charge on any atom is -0.495 e. The molecule has 0 unspecified atom stereocenters. The zero-order chi connectivity index (χ0) is 15.1. The number of ether oxygens (including phenoxy) is 1. The third kappa shape index (κ3) is 4.40. The van der Waals surface area contributed by atoms with Crippen molar-refractivity contribution < 1.29 is 4.74 Å². The van der Waals surface area contributed by atoms with Crippen molar-refractivity contribution in [2.45, 2.75) is 10.8 Å². The standard InChI is InChI=1S/C16H15ClN2OS/c1-20-15-7-6-12(10-13(15)4-2-8-18)11-21-16-14(17)5-3-9-19-16/h3,5-7,9-10H,8,11,18H2,1H3. The lowest BCUT2D eigenvalue weighted by molar-refractivity contribution is 0.413. The highest BCUT2D eigenvalue weighted by Crippen LogP contribution is 2.28. The van der Waals surface area contributed by atoms with Crippen molar-refractivity contribution in [3.63, 3.8) is 0 Å². The third-order valence-electron chi connectivity index (χ3n) is 2.69. The van der Waals surface area contributed by atoms with Gasteiger partial charge in [0.05, 0.1) is 24.2 Å². The first kappa shape index (κ1) is 15.7. The molecular formula is C16H15ClN2OS. The average molecular weight is 319 g/mol. The number of nitrogens with two attached hydrogens (primary N) is 1. The fraction of sp³-hybridized carbons (Fsp3) is 0.188. The molecule has 0 aliphatic carbocycles. The molecule has 0 saturated heterocycles. The van der Waals surface area contributed by atoms with Crippen LogP contribution in [0.25, 0.3) is 0 Å². The number of hydrogen-bond donors (Lipinski definition) is 1. The van der Waals surface area contributed by atoms with Gasteiger partial charge in [0.15, 0.2) is 0 Å². The Balaban J connectivity index is 2.15. The maximum atomic E-state index is 6.10. The van der Waals surface area contributed by atoms with Crippen LogP contribution in [0.2, 0.25) is 5.02 Å². The van der Waals surface area contributed by atoms with Gasteiger partial charge in [0.1, 0.15) is 10.8 Å². The highest BCUT2D eigenvalue weighted by Gasteiger charge is 2.05. The van der Waals surface area contributed by atoms with E-state index in [1.807, 2.05) is 30.3 Å². The fourth-order valence-electron chi connectivity index (χ4n) is 1.72. The van der Waals surface area contributed by atoms with E-state index in [-0.39, 0.29) is 0 Å². The van der Waals surface area contributed by atoms with Gasteiger partial charge in [-0.25, -0.2) is 4.98 Å². The number of methoxy groups -OCH3 is 1. The molecule has 0 fully saturated rings. The molecule has 2 aromatic rings. The Morgan fingerprint density at radius 1 is 1.38 bits per heavy atom. The molecule has 0 spiro atoms. The largest absolute Gasteiger partial charge is 0.495 e. The van der Waals surface area contributed by atoms with Crippen molar-refractivity contribution in [2.75, 3.05) is 13.7 Å². The maximum absolute atomic E-state index is 6.10. The van der Waals surface area contributed by atoms with E-state index in [1.165, 1.54) is 0 Å². The van der Waals surface area contributed by atoms with Gasteiger partial charge in [-0.2, -0.15) is 0 Å². The normalized spacial score (nSPS) is 9.86. The lowest BCUT2D eigenvalue weighted by atomic mass is 10.1. The summed E-state index contributed by atoms with van der Waals surface area (Å²) >= 11 is 7.69. The van der Waals surface area contributed by atoms with E-state index in [0.29, 0.717) is 11.6 Å². The van der Waals surface area contributed by atoms with Crippen LogP contribution in [0, 0.1) is 11.8 Å². The van der Waals surface area contributed by atoms with E-state index in [0.717, 1.165) is 27.7 Å².